The van der Waals surface area contributed by atoms with Crippen LogP contribution in [-0.2, 0) is 10.0 Å². The van der Waals surface area contributed by atoms with E-state index in [1.54, 1.807) is 44.2 Å². The van der Waals surface area contributed by atoms with Crippen molar-refractivity contribution in [1.82, 2.24) is 4.72 Å². The second-order valence-corrected chi connectivity index (χ2v) is 6.90. The molecule has 0 spiro atoms. The van der Waals surface area contributed by atoms with E-state index in [1.807, 2.05) is 0 Å². The number of amides is 1. The number of ether oxygens (including phenoxy) is 1. The number of para-hydroxylation sites is 2. The van der Waals surface area contributed by atoms with Crippen LogP contribution in [-0.4, -0.2) is 28.0 Å². The van der Waals surface area contributed by atoms with Crippen LogP contribution in [0.25, 0.3) is 0 Å². The Morgan fingerprint density at radius 3 is 2.54 bits per heavy atom. The maximum absolute atomic E-state index is 12.6. The van der Waals surface area contributed by atoms with Gasteiger partial charge in [-0.25, -0.2) is 13.1 Å². The van der Waals surface area contributed by atoms with Crippen molar-refractivity contribution in [1.29, 1.82) is 0 Å². The molecule has 0 saturated heterocycles. The van der Waals surface area contributed by atoms with E-state index in [0.29, 0.717) is 22.6 Å². The molecule has 2 N–H and O–H groups in total. The Bertz CT molecular complexity index is 847. The number of methoxy groups -OCH3 is 1. The molecule has 2 aromatic rings. The van der Waals surface area contributed by atoms with Crippen molar-refractivity contribution in [3.8, 4) is 5.75 Å². The standard InChI is InChI=1S/C17H20N2O4S/c1-4-18-24(21,22)13-10-9-12(2)14(11-13)17(20)19-15-7-5-6-8-16(15)23-3/h5-11,18H,4H2,1-3H3,(H,19,20). The fraction of sp³-hybridized carbons (Fsp3) is 0.235. The zero-order valence-corrected chi connectivity index (χ0v) is 14.6. The first-order chi connectivity index (χ1) is 11.4. The Kier molecular flexibility index (Phi) is 5.58. The number of nitrogens with one attached hydrogen (secondary N) is 2. The first-order valence-corrected chi connectivity index (χ1v) is 8.92. The molecule has 0 aliphatic rings. The molecule has 0 unspecified atom stereocenters. The van der Waals surface area contributed by atoms with Gasteiger partial charge in [0.2, 0.25) is 10.0 Å². The molecule has 0 aliphatic heterocycles. The van der Waals surface area contributed by atoms with Crippen molar-refractivity contribution in [2.24, 2.45) is 0 Å². The average Bonchev–Trinajstić information content (AvgIpc) is 2.55. The lowest BCUT2D eigenvalue weighted by Gasteiger charge is -2.12. The lowest BCUT2D eigenvalue weighted by Crippen LogP contribution is -2.24. The molecule has 7 heteroatoms. The van der Waals surface area contributed by atoms with Gasteiger partial charge in [0.15, 0.2) is 0 Å². The van der Waals surface area contributed by atoms with Crippen molar-refractivity contribution in [2.75, 3.05) is 19.0 Å². The largest absolute Gasteiger partial charge is 0.495 e. The molecule has 0 bridgehead atoms. The third-order valence-electron chi connectivity index (χ3n) is 3.45. The van der Waals surface area contributed by atoms with Crippen LogP contribution in [0.1, 0.15) is 22.8 Å². The van der Waals surface area contributed by atoms with Crippen LogP contribution in [0, 0.1) is 6.92 Å². The highest BCUT2D eigenvalue weighted by Gasteiger charge is 2.18. The van der Waals surface area contributed by atoms with E-state index in [4.69, 9.17) is 4.74 Å². The van der Waals surface area contributed by atoms with Crippen LogP contribution in [0.15, 0.2) is 47.4 Å². The number of sulfonamides is 1. The molecule has 0 fully saturated rings. The van der Waals surface area contributed by atoms with Crippen LogP contribution in [0.3, 0.4) is 0 Å². The van der Waals surface area contributed by atoms with Crippen molar-refractivity contribution in [3.05, 3.63) is 53.6 Å². The van der Waals surface area contributed by atoms with E-state index in [2.05, 4.69) is 10.0 Å². The SMILES string of the molecule is CCNS(=O)(=O)c1ccc(C)c(C(=O)Nc2ccccc2OC)c1. The number of hydrogen-bond acceptors (Lipinski definition) is 4. The van der Waals surface area contributed by atoms with Gasteiger partial charge in [-0.05, 0) is 36.8 Å². The van der Waals surface area contributed by atoms with Crippen molar-refractivity contribution in [3.63, 3.8) is 0 Å². The molecule has 6 nitrogen and oxygen atoms in total. The highest BCUT2D eigenvalue weighted by Crippen LogP contribution is 2.24. The lowest BCUT2D eigenvalue weighted by atomic mass is 10.1. The highest BCUT2D eigenvalue weighted by atomic mass is 32.2. The van der Waals surface area contributed by atoms with Gasteiger partial charge in [0, 0.05) is 12.1 Å². The third kappa shape index (κ3) is 3.93. The Labute approximate surface area is 141 Å². The molecule has 0 saturated carbocycles. The molecule has 0 aliphatic carbocycles. The molecule has 24 heavy (non-hydrogen) atoms. The zero-order chi connectivity index (χ0) is 17.7. The molecule has 0 heterocycles. The Morgan fingerprint density at radius 2 is 1.88 bits per heavy atom. The fourth-order valence-corrected chi connectivity index (χ4v) is 3.29. The van der Waals surface area contributed by atoms with Crippen LogP contribution in [0.2, 0.25) is 0 Å². The molecular formula is C17H20N2O4S. The minimum atomic E-state index is -3.62. The second-order valence-electron chi connectivity index (χ2n) is 5.13. The molecule has 2 rings (SSSR count). The molecule has 2 aromatic carbocycles. The van der Waals surface area contributed by atoms with Gasteiger partial charge >= 0.3 is 0 Å². The maximum atomic E-state index is 12.6. The summed E-state index contributed by atoms with van der Waals surface area (Å²) >= 11 is 0. The predicted molar refractivity (Wildman–Crippen MR) is 93.0 cm³/mol. The highest BCUT2D eigenvalue weighted by molar-refractivity contribution is 7.89. The lowest BCUT2D eigenvalue weighted by molar-refractivity contribution is 0.102. The Morgan fingerprint density at radius 1 is 1.17 bits per heavy atom. The number of benzene rings is 2. The fourth-order valence-electron chi connectivity index (χ4n) is 2.22. The van der Waals surface area contributed by atoms with Crippen LogP contribution >= 0.6 is 0 Å². The van der Waals surface area contributed by atoms with Gasteiger partial charge in [-0.15, -0.1) is 0 Å². The van der Waals surface area contributed by atoms with Gasteiger partial charge in [-0.3, -0.25) is 4.79 Å². The van der Waals surface area contributed by atoms with E-state index in [9.17, 15) is 13.2 Å². The number of hydrogen-bond donors (Lipinski definition) is 2. The summed E-state index contributed by atoms with van der Waals surface area (Å²) in [5.41, 5.74) is 1.49. The minimum Gasteiger partial charge on any atom is -0.495 e. The minimum absolute atomic E-state index is 0.0557. The number of anilines is 1. The molecule has 1 amide bonds. The van der Waals surface area contributed by atoms with E-state index in [-0.39, 0.29) is 11.4 Å². The topological polar surface area (TPSA) is 84.5 Å². The average molecular weight is 348 g/mol. The predicted octanol–water partition coefficient (Wildman–Crippen LogP) is 2.55. The normalized spacial score (nSPS) is 11.1. The van der Waals surface area contributed by atoms with Gasteiger partial charge in [-0.1, -0.05) is 25.1 Å². The van der Waals surface area contributed by atoms with Gasteiger partial charge in [-0.2, -0.15) is 0 Å². The van der Waals surface area contributed by atoms with Crippen LogP contribution in [0.4, 0.5) is 5.69 Å². The summed E-state index contributed by atoms with van der Waals surface area (Å²) < 4.78 is 31.8. The van der Waals surface area contributed by atoms with Gasteiger partial charge in [0.1, 0.15) is 5.75 Å². The Hall–Kier alpha value is -2.38. The smallest absolute Gasteiger partial charge is 0.256 e. The summed E-state index contributed by atoms with van der Waals surface area (Å²) in [6.45, 7) is 3.72. The second kappa shape index (κ2) is 7.46. The molecule has 0 radical (unpaired) electrons. The van der Waals surface area contributed by atoms with Crippen molar-refractivity contribution < 1.29 is 17.9 Å². The molecule has 0 atom stereocenters. The van der Waals surface area contributed by atoms with Crippen LogP contribution in [0.5, 0.6) is 5.75 Å². The summed E-state index contributed by atoms with van der Waals surface area (Å²) in [7, 11) is -2.11. The number of carbonyl (C=O) groups excluding carboxylic acids is 1. The number of rotatable bonds is 6. The van der Waals surface area contributed by atoms with E-state index < -0.39 is 15.9 Å². The summed E-state index contributed by atoms with van der Waals surface area (Å²) in [5.74, 6) is 0.130. The van der Waals surface area contributed by atoms with E-state index in [1.165, 1.54) is 19.2 Å². The van der Waals surface area contributed by atoms with E-state index in [0.717, 1.165) is 0 Å². The Balaban J connectivity index is 2.36. The van der Waals surface area contributed by atoms with Crippen LogP contribution < -0.4 is 14.8 Å². The monoisotopic (exact) mass is 348 g/mol. The summed E-state index contributed by atoms with van der Waals surface area (Å²) in [4.78, 5) is 12.6. The molecule has 128 valence electrons. The van der Waals surface area contributed by atoms with Crippen molar-refractivity contribution in [2.45, 2.75) is 18.7 Å². The van der Waals surface area contributed by atoms with Gasteiger partial charge in [0.05, 0.1) is 17.7 Å². The van der Waals surface area contributed by atoms with Gasteiger partial charge in [0.25, 0.3) is 5.91 Å². The third-order valence-corrected chi connectivity index (χ3v) is 5.00. The number of aryl methyl sites for hydroxylation is 1. The van der Waals surface area contributed by atoms with E-state index >= 15 is 0 Å². The maximum Gasteiger partial charge on any atom is 0.256 e. The molecule has 0 aromatic heterocycles. The quantitative estimate of drug-likeness (QED) is 0.840. The summed E-state index contributed by atoms with van der Waals surface area (Å²) in [5, 5.41) is 2.75. The van der Waals surface area contributed by atoms with Gasteiger partial charge < -0.3 is 10.1 Å². The summed E-state index contributed by atoms with van der Waals surface area (Å²) in [6.07, 6.45) is 0. The first-order valence-electron chi connectivity index (χ1n) is 7.43. The summed E-state index contributed by atoms with van der Waals surface area (Å²) in [6, 6.07) is 11.5. The zero-order valence-electron chi connectivity index (χ0n) is 13.8. The van der Waals surface area contributed by atoms with Crippen molar-refractivity contribution >= 4 is 21.6 Å². The molecular weight excluding hydrogens is 328 g/mol. The number of carbonyl (C=O) groups is 1. The first kappa shape index (κ1) is 18.0.